The number of rotatable bonds is 6. The number of ketones is 1. The normalized spacial score (nSPS) is 25.5. The predicted molar refractivity (Wildman–Crippen MR) is 132 cm³/mol. The molecule has 0 bridgehead atoms. The Balaban J connectivity index is 2.00. The second-order valence-electron chi connectivity index (χ2n) is 12.3. The number of Topliss-reactive ketones (excluding diaryl/α,β-unsaturated/α-hetero) is 1. The van der Waals surface area contributed by atoms with Gasteiger partial charge in [0.1, 0.15) is 23.8 Å². The third-order valence-corrected chi connectivity index (χ3v) is 16.8. The maximum atomic E-state index is 13.2. The largest absolute Gasteiger partial charge is 0.432 e. The van der Waals surface area contributed by atoms with Crippen molar-refractivity contribution in [3.8, 4) is 6.01 Å². The Morgan fingerprint density at radius 1 is 1.09 bits per heavy atom. The minimum absolute atomic E-state index is 0.0371. The lowest BCUT2D eigenvalue weighted by Gasteiger charge is -2.41. The summed E-state index contributed by atoms with van der Waals surface area (Å²) < 4.78 is 27.0. The van der Waals surface area contributed by atoms with Gasteiger partial charge in [0.2, 0.25) is 6.29 Å². The molecule has 3 rings (SSSR count). The first-order chi connectivity index (χ1) is 14.9. The van der Waals surface area contributed by atoms with Crippen LogP contribution >= 0.6 is 0 Å². The minimum atomic E-state index is -2.24. The highest BCUT2D eigenvalue weighted by Crippen LogP contribution is 2.46. The first-order valence-corrected chi connectivity index (χ1v) is 17.5. The molecule has 4 atom stereocenters. The van der Waals surface area contributed by atoms with E-state index in [2.05, 4.69) is 72.7 Å². The quantitative estimate of drug-likeness (QED) is 0.423. The summed E-state index contributed by atoms with van der Waals surface area (Å²) in [6.45, 7) is 23.6. The van der Waals surface area contributed by atoms with Gasteiger partial charge in [0.25, 0.3) is 5.56 Å². The molecule has 0 unspecified atom stereocenters. The number of carbonyl (C=O) groups excluding carboxylic acids is 1. The van der Waals surface area contributed by atoms with Gasteiger partial charge in [-0.25, -0.2) is 9.55 Å². The van der Waals surface area contributed by atoms with E-state index in [9.17, 15) is 9.59 Å². The van der Waals surface area contributed by atoms with Crippen LogP contribution in [0.2, 0.25) is 36.3 Å². The van der Waals surface area contributed by atoms with Crippen LogP contribution < -0.4 is 10.3 Å². The van der Waals surface area contributed by atoms with Crippen LogP contribution in [0.4, 0.5) is 0 Å². The van der Waals surface area contributed by atoms with Crippen LogP contribution in [0.15, 0.2) is 11.0 Å². The SMILES string of the molecule is CC(=O)c1cnc2n(c1=O)[C@@H]1[C@H](O2)O[C@H](CO[Si](C)(C)C(C)(C)C)[C@H]1O[Si](C)(C)C(C)(C)C. The van der Waals surface area contributed by atoms with Crippen molar-refractivity contribution in [3.05, 3.63) is 22.1 Å². The second-order valence-corrected chi connectivity index (χ2v) is 21.8. The summed E-state index contributed by atoms with van der Waals surface area (Å²) in [6.07, 6.45) is -0.289. The Hall–Kier alpha value is -1.34. The monoisotopic (exact) mass is 496 g/mol. The maximum absolute atomic E-state index is 13.2. The molecule has 1 aromatic heterocycles. The lowest BCUT2D eigenvalue weighted by molar-refractivity contribution is -0.0886. The highest BCUT2D eigenvalue weighted by Gasteiger charge is 2.56. The Morgan fingerprint density at radius 2 is 1.67 bits per heavy atom. The molecule has 8 nitrogen and oxygen atoms in total. The number of hydrogen-bond acceptors (Lipinski definition) is 7. The van der Waals surface area contributed by atoms with E-state index in [4.69, 9.17) is 18.3 Å². The molecule has 2 aliphatic rings. The molecule has 0 saturated carbocycles. The molecular formula is C23H40N2O6Si2. The molecule has 0 aliphatic carbocycles. The molecule has 2 aliphatic heterocycles. The minimum Gasteiger partial charge on any atom is -0.432 e. The fraction of sp³-hybridized carbons (Fsp3) is 0.783. The standard InChI is InChI=1S/C23H40N2O6Si2/c1-14(26)15-12-24-21-25(19(15)27)17-18(31-33(10,11)23(5,6)7)16(29-20(17)30-21)13-28-32(8,9)22(2,3)4/h12,16-18,20H,13H2,1-11H3/t16-,17+,18-,20+/m1/s1. The zero-order valence-electron chi connectivity index (χ0n) is 21.9. The Labute approximate surface area is 199 Å². The van der Waals surface area contributed by atoms with Crippen LogP contribution in [0.3, 0.4) is 0 Å². The predicted octanol–water partition coefficient (Wildman–Crippen LogP) is 4.52. The molecule has 186 valence electrons. The van der Waals surface area contributed by atoms with Crippen LogP contribution in [0.5, 0.6) is 6.01 Å². The first kappa shape index (κ1) is 26.3. The highest BCUT2D eigenvalue weighted by atomic mass is 28.4. The van der Waals surface area contributed by atoms with Gasteiger partial charge >= 0.3 is 6.01 Å². The molecule has 0 amide bonds. The van der Waals surface area contributed by atoms with E-state index in [-0.39, 0.29) is 27.4 Å². The van der Waals surface area contributed by atoms with Gasteiger partial charge < -0.3 is 18.3 Å². The van der Waals surface area contributed by atoms with Crippen LogP contribution in [0, 0.1) is 0 Å². The summed E-state index contributed by atoms with van der Waals surface area (Å²) in [5, 5.41) is 0.0142. The molecule has 33 heavy (non-hydrogen) atoms. The van der Waals surface area contributed by atoms with Gasteiger partial charge in [-0.3, -0.25) is 9.59 Å². The van der Waals surface area contributed by atoms with Gasteiger partial charge in [0.05, 0.1) is 6.61 Å². The number of nitrogens with zero attached hydrogens (tertiary/aromatic N) is 2. The third-order valence-electron chi connectivity index (χ3n) is 7.80. The fourth-order valence-corrected chi connectivity index (χ4v) is 5.86. The van der Waals surface area contributed by atoms with E-state index in [0.717, 1.165) is 0 Å². The lowest BCUT2D eigenvalue weighted by atomic mass is 10.1. The summed E-state index contributed by atoms with van der Waals surface area (Å²) in [4.78, 5) is 29.4. The smallest absolute Gasteiger partial charge is 0.302 e. The number of fused-ring (bicyclic) bond motifs is 3. The lowest BCUT2D eigenvalue weighted by Crippen LogP contribution is -2.50. The van der Waals surface area contributed by atoms with Crippen LogP contribution in [-0.4, -0.2) is 57.1 Å². The first-order valence-electron chi connectivity index (χ1n) is 11.6. The number of aromatic nitrogens is 2. The molecule has 0 spiro atoms. The van der Waals surface area contributed by atoms with Crippen molar-refractivity contribution in [2.24, 2.45) is 0 Å². The van der Waals surface area contributed by atoms with Gasteiger partial charge in [0, 0.05) is 6.20 Å². The van der Waals surface area contributed by atoms with E-state index >= 15 is 0 Å². The Kier molecular flexibility index (Phi) is 6.69. The second kappa shape index (κ2) is 8.40. The van der Waals surface area contributed by atoms with Gasteiger partial charge in [0.15, 0.2) is 22.4 Å². The number of hydrogen-bond donors (Lipinski definition) is 0. The molecule has 0 N–H and O–H groups in total. The van der Waals surface area contributed by atoms with E-state index in [1.807, 2.05) is 0 Å². The van der Waals surface area contributed by atoms with Crippen LogP contribution in [0.1, 0.15) is 64.9 Å². The van der Waals surface area contributed by atoms with Crippen molar-refractivity contribution in [2.45, 2.75) is 109 Å². The van der Waals surface area contributed by atoms with Crippen molar-refractivity contribution in [2.75, 3.05) is 6.61 Å². The number of carbonyl (C=O) groups is 1. The number of ether oxygens (including phenoxy) is 2. The van der Waals surface area contributed by atoms with Crippen LogP contribution in [0.25, 0.3) is 0 Å². The summed E-state index contributed by atoms with van der Waals surface area (Å²) in [7, 11) is -4.27. The molecular weight excluding hydrogens is 456 g/mol. The van der Waals surface area contributed by atoms with E-state index in [1.165, 1.54) is 17.7 Å². The average Bonchev–Trinajstić information content (AvgIpc) is 3.14. The van der Waals surface area contributed by atoms with E-state index < -0.39 is 46.7 Å². The van der Waals surface area contributed by atoms with Gasteiger partial charge in [-0.2, -0.15) is 0 Å². The Bertz CT molecular complexity index is 977. The molecule has 1 aromatic rings. The van der Waals surface area contributed by atoms with Gasteiger partial charge in [-0.1, -0.05) is 41.5 Å². The molecule has 0 radical (unpaired) electrons. The van der Waals surface area contributed by atoms with Crippen molar-refractivity contribution >= 4 is 22.4 Å². The third kappa shape index (κ3) is 4.77. The zero-order valence-corrected chi connectivity index (χ0v) is 23.9. The topological polar surface area (TPSA) is 88.9 Å². The molecule has 10 heteroatoms. The summed E-state index contributed by atoms with van der Waals surface area (Å²) in [5.74, 6) is -0.329. The van der Waals surface area contributed by atoms with Crippen molar-refractivity contribution in [1.82, 2.24) is 9.55 Å². The maximum Gasteiger partial charge on any atom is 0.302 e. The summed E-state index contributed by atoms with van der Waals surface area (Å²) in [6, 6.07) is -0.367. The van der Waals surface area contributed by atoms with Gasteiger partial charge in [-0.05, 0) is 43.2 Å². The van der Waals surface area contributed by atoms with Crippen molar-refractivity contribution in [1.29, 1.82) is 0 Å². The summed E-state index contributed by atoms with van der Waals surface area (Å²) >= 11 is 0. The van der Waals surface area contributed by atoms with Crippen LogP contribution in [-0.2, 0) is 13.6 Å². The molecule has 1 saturated heterocycles. The zero-order chi connectivity index (χ0) is 25.1. The molecule has 1 fully saturated rings. The summed E-state index contributed by atoms with van der Waals surface area (Å²) in [5.41, 5.74) is -0.381. The fourth-order valence-electron chi connectivity index (χ4n) is 3.52. The van der Waals surface area contributed by atoms with Crippen molar-refractivity contribution in [3.63, 3.8) is 0 Å². The highest BCUT2D eigenvalue weighted by molar-refractivity contribution is 6.74. The van der Waals surface area contributed by atoms with E-state index in [1.54, 1.807) is 0 Å². The van der Waals surface area contributed by atoms with Crippen molar-refractivity contribution < 1.29 is 23.1 Å². The molecule has 3 heterocycles. The Morgan fingerprint density at radius 3 is 2.18 bits per heavy atom. The van der Waals surface area contributed by atoms with Gasteiger partial charge in [-0.15, -0.1) is 0 Å². The molecule has 0 aromatic carbocycles. The average molecular weight is 497 g/mol. The van der Waals surface area contributed by atoms with E-state index in [0.29, 0.717) is 6.61 Å².